The van der Waals surface area contributed by atoms with E-state index in [1.54, 1.807) is 30.3 Å². The predicted molar refractivity (Wildman–Crippen MR) is 205 cm³/mol. The fourth-order valence-corrected chi connectivity index (χ4v) is 8.36. The number of sulfonamides is 1. The zero-order valence-corrected chi connectivity index (χ0v) is 32.0. The number of carbonyl (C=O) groups is 2. The summed E-state index contributed by atoms with van der Waals surface area (Å²) in [5, 5.41) is 14.2. The quantitative estimate of drug-likeness (QED) is 0.0745. The third-order valence-corrected chi connectivity index (χ3v) is 11.2. The molecule has 0 saturated carbocycles. The molecule has 0 radical (unpaired) electrons. The van der Waals surface area contributed by atoms with Crippen LogP contribution in [0.5, 0.6) is 5.75 Å². The summed E-state index contributed by atoms with van der Waals surface area (Å²) >= 11 is 13.2. The minimum atomic E-state index is -4.18. The Labute approximate surface area is 320 Å². The molecule has 1 aliphatic rings. The van der Waals surface area contributed by atoms with Gasteiger partial charge in [-0.15, -0.1) is 24.8 Å². The first-order chi connectivity index (χ1) is 23.4. The Hall–Kier alpha value is -3.65. The Bertz CT molecular complexity index is 2010. The number of aryl methyl sites for hydroxylation is 2. The van der Waals surface area contributed by atoms with Gasteiger partial charge in [-0.3, -0.25) is 15.0 Å². The lowest BCUT2D eigenvalue weighted by Gasteiger charge is -2.24. The van der Waals surface area contributed by atoms with Crippen LogP contribution < -0.4 is 21.1 Å². The number of pyridine rings is 1. The molecular weight excluding hydrogens is 758 g/mol. The number of hydrogen-bond acceptors (Lipinski definition) is 7. The molecule has 1 aromatic heterocycles. The van der Waals surface area contributed by atoms with Crippen LogP contribution >= 0.6 is 48.0 Å². The van der Waals surface area contributed by atoms with Crippen LogP contribution in [-0.2, 0) is 32.6 Å². The summed E-state index contributed by atoms with van der Waals surface area (Å²) < 4.78 is 35.1. The molecule has 2 heterocycles. The van der Waals surface area contributed by atoms with Gasteiger partial charge in [-0.25, -0.2) is 13.4 Å². The summed E-state index contributed by atoms with van der Waals surface area (Å²) in [6.45, 7) is 4.55. The van der Waals surface area contributed by atoms with E-state index in [2.05, 4.69) is 15.6 Å². The number of nitrogen functional groups attached to an aromatic ring is 1. The van der Waals surface area contributed by atoms with Gasteiger partial charge in [0.25, 0.3) is 0 Å². The van der Waals surface area contributed by atoms with Gasteiger partial charge >= 0.3 is 0 Å². The van der Waals surface area contributed by atoms with Crippen LogP contribution in [0.3, 0.4) is 0 Å². The fraction of sp³-hybridized carbons (Fsp3) is 0.314. The summed E-state index contributed by atoms with van der Waals surface area (Å²) in [4.78, 5) is 30.0. The molecule has 16 heteroatoms. The van der Waals surface area contributed by atoms with Gasteiger partial charge in [-0.2, -0.15) is 4.31 Å². The van der Waals surface area contributed by atoms with Gasteiger partial charge in [0.15, 0.2) is 0 Å². The number of rotatable bonds is 13. The first-order valence-electron chi connectivity index (χ1n) is 15.8. The van der Waals surface area contributed by atoms with E-state index in [9.17, 15) is 18.0 Å². The average molecular weight is 799 g/mol. The van der Waals surface area contributed by atoms with Gasteiger partial charge in [0.05, 0.1) is 11.4 Å². The minimum absolute atomic E-state index is 0. The zero-order chi connectivity index (χ0) is 35.3. The van der Waals surface area contributed by atoms with E-state index < -0.39 is 22.0 Å². The van der Waals surface area contributed by atoms with E-state index in [0.29, 0.717) is 48.2 Å². The van der Waals surface area contributed by atoms with Crippen molar-refractivity contribution in [3.8, 4) is 5.75 Å². The molecule has 274 valence electrons. The third-order valence-electron chi connectivity index (χ3n) is 8.36. The van der Waals surface area contributed by atoms with E-state index in [1.165, 1.54) is 16.4 Å². The average Bonchev–Trinajstić information content (AvgIpc) is 3.56. The van der Waals surface area contributed by atoms with E-state index in [-0.39, 0.29) is 77.6 Å². The highest BCUT2D eigenvalue weighted by molar-refractivity contribution is 7.89. The van der Waals surface area contributed by atoms with Crippen LogP contribution in [0.2, 0.25) is 10.0 Å². The molecule has 0 bridgehead atoms. The molecule has 51 heavy (non-hydrogen) atoms. The first kappa shape index (κ1) is 41.8. The topological polar surface area (TPSA) is 168 Å². The molecule has 3 aromatic carbocycles. The van der Waals surface area contributed by atoms with Crippen molar-refractivity contribution in [1.82, 2.24) is 19.9 Å². The second-order valence-electron chi connectivity index (χ2n) is 11.9. The molecule has 1 atom stereocenters. The van der Waals surface area contributed by atoms with Gasteiger partial charge < -0.3 is 21.1 Å². The summed E-state index contributed by atoms with van der Waals surface area (Å²) in [6, 6.07) is 16.4. The summed E-state index contributed by atoms with van der Waals surface area (Å²) in [6.07, 6.45) is 1.49. The molecule has 4 aromatic rings. The molecule has 11 nitrogen and oxygen atoms in total. The van der Waals surface area contributed by atoms with Crippen molar-refractivity contribution in [3.05, 3.63) is 98.7 Å². The van der Waals surface area contributed by atoms with Gasteiger partial charge in [-0.05, 0) is 68.5 Å². The van der Waals surface area contributed by atoms with Crippen LogP contribution in [0.4, 0.5) is 0 Å². The van der Waals surface area contributed by atoms with Crippen LogP contribution in [0.15, 0.2) is 65.6 Å². The lowest BCUT2D eigenvalue weighted by atomic mass is 10.1. The number of nitrogens with one attached hydrogen (secondary N) is 3. The van der Waals surface area contributed by atoms with E-state index in [4.69, 9.17) is 39.1 Å². The Morgan fingerprint density at radius 1 is 1.04 bits per heavy atom. The number of amides is 2. The van der Waals surface area contributed by atoms with Gasteiger partial charge in [-0.1, -0.05) is 59.6 Å². The van der Waals surface area contributed by atoms with Crippen LogP contribution in [0.25, 0.3) is 10.9 Å². The number of amidine groups is 1. The highest BCUT2D eigenvalue weighted by atomic mass is 35.5. The highest BCUT2D eigenvalue weighted by Gasteiger charge is 2.40. The number of benzene rings is 3. The van der Waals surface area contributed by atoms with Crippen molar-refractivity contribution in [2.75, 3.05) is 19.6 Å². The maximum Gasteiger partial charge on any atom is 0.245 e. The molecule has 1 saturated heterocycles. The third kappa shape index (κ3) is 9.82. The monoisotopic (exact) mass is 796 g/mol. The molecular formula is C35H40Cl4N6O5S. The Morgan fingerprint density at radius 3 is 2.45 bits per heavy atom. The Morgan fingerprint density at radius 2 is 1.75 bits per heavy atom. The maximum absolute atomic E-state index is 13.9. The number of hydrogen-bond donors (Lipinski definition) is 4. The number of carbonyl (C=O) groups excluding carboxylic acids is 2. The number of ether oxygens (including phenoxy) is 1. The second kappa shape index (κ2) is 18.2. The molecule has 0 aliphatic carbocycles. The number of fused-ring (bicyclic) bond motifs is 1. The van der Waals surface area contributed by atoms with Crippen molar-refractivity contribution >= 4 is 86.6 Å². The van der Waals surface area contributed by atoms with Crippen molar-refractivity contribution in [1.29, 1.82) is 5.41 Å². The summed E-state index contributed by atoms with van der Waals surface area (Å²) in [5.41, 5.74) is 9.71. The standard InChI is InChI=1S/C35H38Cl2N6O5S.2ClH/c1-21-18-22(2)42-33-25(21)6-3-8-29(33)48-20-26-27(36)13-14-30(32(26)37)49(46,47)43-17-4-7-28(43)35(45)41-16-5-15-40-31(44)19-23-9-11-24(12-10-23)34(38)39;;/h3,6,8-14,18,28H,4-5,7,15-17,19-20H2,1-2H3,(H3,38,39)(H,40,44)(H,41,45);2*1H/t28-;;/m0../s1. The molecule has 1 fully saturated rings. The number of aromatic nitrogens is 1. The largest absolute Gasteiger partial charge is 0.487 e. The summed E-state index contributed by atoms with van der Waals surface area (Å²) in [5.74, 6) is -0.124. The fourth-order valence-electron chi connectivity index (χ4n) is 5.84. The van der Waals surface area contributed by atoms with E-state index in [0.717, 1.165) is 22.2 Å². The first-order valence-corrected chi connectivity index (χ1v) is 18.0. The van der Waals surface area contributed by atoms with Crippen molar-refractivity contribution in [2.45, 2.75) is 57.1 Å². The summed E-state index contributed by atoms with van der Waals surface area (Å²) in [7, 11) is -4.18. The second-order valence-corrected chi connectivity index (χ2v) is 14.6. The Kier molecular flexibility index (Phi) is 14.9. The molecule has 2 amide bonds. The molecule has 5 N–H and O–H groups in total. The van der Waals surface area contributed by atoms with Crippen molar-refractivity contribution < 1.29 is 22.7 Å². The zero-order valence-electron chi connectivity index (χ0n) is 28.0. The lowest BCUT2D eigenvalue weighted by molar-refractivity contribution is -0.124. The van der Waals surface area contributed by atoms with Crippen LogP contribution in [-0.4, -0.2) is 61.0 Å². The SMILES string of the molecule is Cc1cc(C)c2cccc(OCc3c(Cl)ccc(S(=O)(=O)N4CCC[C@H]4C(=O)NCCCNC(=O)Cc4ccc(C(=N)N)cc4)c3Cl)c2n1.Cl.Cl. The number of nitrogens with two attached hydrogens (primary N) is 1. The minimum Gasteiger partial charge on any atom is -0.487 e. The van der Waals surface area contributed by atoms with Crippen molar-refractivity contribution in [2.24, 2.45) is 5.73 Å². The smallest absolute Gasteiger partial charge is 0.245 e. The highest BCUT2D eigenvalue weighted by Crippen LogP contribution is 2.36. The Balaban J connectivity index is 0.00000351. The molecule has 5 rings (SSSR count). The van der Waals surface area contributed by atoms with Crippen LogP contribution in [0, 0.1) is 19.3 Å². The van der Waals surface area contributed by atoms with Gasteiger partial charge in [0.2, 0.25) is 21.8 Å². The van der Waals surface area contributed by atoms with E-state index >= 15 is 0 Å². The van der Waals surface area contributed by atoms with Crippen molar-refractivity contribution in [3.63, 3.8) is 0 Å². The molecule has 1 aliphatic heterocycles. The molecule has 0 unspecified atom stereocenters. The number of para-hydroxylation sites is 1. The van der Waals surface area contributed by atoms with E-state index in [1.807, 2.05) is 32.0 Å². The molecule has 0 spiro atoms. The van der Waals surface area contributed by atoms with Crippen LogP contribution in [0.1, 0.15) is 47.2 Å². The number of nitrogens with zero attached hydrogens (tertiary/aromatic N) is 2. The van der Waals surface area contributed by atoms with Gasteiger partial charge in [0, 0.05) is 46.9 Å². The van der Waals surface area contributed by atoms with Gasteiger partial charge in [0.1, 0.15) is 34.6 Å². The predicted octanol–water partition coefficient (Wildman–Crippen LogP) is 5.88. The number of halogens is 4. The maximum atomic E-state index is 13.9. The lowest BCUT2D eigenvalue weighted by Crippen LogP contribution is -2.46. The normalized spacial score (nSPS) is 14.3.